The number of ether oxygens (including phenoxy) is 2. The summed E-state index contributed by atoms with van der Waals surface area (Å²) in [5.74, 6) is 1.49. The first kappa shape index (κ1) is 15.1. The Morgan fingerprint density at radius 2 is 1.94 bits per heavy atom. The van der Waals surface area contributed by atoms with E-state index in [1.165, 1.54) is 0 Å². The zero-order valence-electron chi connectivity index (χ0n) is 10.0. The van der Waals surface area contributed by atoms with Gasteiger partial charge in [-0.15, -0.1) is 12.4 Å². The summed E-state index contributed by atoms with van der Waals surface area (Å²) in [5, 5.41) is 0. The molecule has 0 aliphatic carbocycles. The van der Waals surface area contributed by atoms with Gasteiger partial charge in [-0.25, -0.2) is 0 Å². The van der Waals surface area contributed by atoms with Gasteiger partial charge in [0.1, 0.15) is 0 Å². The van der Waals surface area contributed by atoms with Crippen LogP contribution in [0, 0.1) is 0 Å². The number of benzene rings is 1. The van der Waals surface area contributed by atoms with Crippen LogP contribution >= 0.6 is 12.4 Å². The minimum atomic E-state index is 0. The van der Waals surface area contributed by atoms with Crippen LogP contribution in [0.15, 0.2) is 18.2 Å². The molecule has 2 N–H and O–H groups in total. The van der Waals surface area contributed by atoms with Crippen LogP contribution in [0.25, 0.3) is 0 Å². The molecule has 1 atom stereocenters. The third-order valence-corrected chi connectivity index (χ3v) is 2.43. The molecule has 0 heterocycles. The summed E-state index contributed by atoms with van der Waals surface area (Å²) in [6, 6.07) is 5.81. The number of hydrogen-bond acceptors (Lipinski definition) is 3. The molecule has 0 spiro atoms. The van der Waals surface area contributed by atoms with Crippen molar-refractivity contribution in [3.63, 3.8) is 0 Å². The molecule has 1 aromatic rings. The quantitative estimate of drug-likeness (QED) is 0.868. The van der Waals surface area contributed by atoms with Gasteiger partial charge in [-0.2, -0.15) is 0 Å². The lowest BCUT2D eigenvalue weighted by molar-refractivity contribution is 0.348. The predicted molar refractivity (Wildman–Crippen MR) is 68.6 cm³/mol. The summed E-state index contributed by atoms with van der Waals surface area (Å²) < 4.78 is 10.6. The summed E-state index contributed by atoms with van der Waals surface area (Å²) >= 11 is 0. The predicted octanol–water partition coefficient (Wildman–Crippen LogP) is 2.93. The van der Waals surface area contributed by atoms with E-state index in [0.29, 0.717) is 0 Å². The molecule has 1 aromatic carbocycles. The van der Waals surface area contributed by atoms with Crippen LogP contribution in [-0.4, -0.2) is 14.2 Å². The molecule has 0 amide bonds. The fourth-order valence-corrected chi connectivity index (χ4v) is 1.67. The molecule has 0 fully saturated rings. The summed E-state index contributed by atoms with van der Waals surface area (Å²) in [7, 11) is 3.27. The molecule has 0 saturated heterocycles. The zero-order chi connectivity index (χ0) is 11.3. The maximum atomic E-state index is 6.07. The number of hydrogen-bond donors (Lipinski definition) is 1. The lowest BCUT2D eigenvalue weighted by Crippen LogP contribution is -2.11. The Morgan fingerprint density at radius 3 is 2.44 bits per heavy atom. The smallest absolute Gasteiger partial charge is 0.165 e. The number of nitrogens with two attached hydrogens (primary N) is 1. The molecule has 1 rings (SSSR count). The van der Waals surface area contributed by atoms with Crippen LogP contribution in [0.2, 0.25) is 0 Å². The average molecular weight is 246 g/mol. The highest BCUT2D eigenvalue weighted by molar-refractivity contribution is 5.85. The van der Waals surface area contributed by atoms with E-state index in [1.807, 2.05) is 18.2 Å². The third kappa shape index (κ3) is 3.29. The number of para-hydroxylation sites is 1. The zero-order valence-corrected chi connectivity index (χ0v) is 10.8. The maximum Gasteiger partial charge on any atom is 0.165 e. The first-order valence-corrected chi connectivity index (χ1v) is 5.21. The molecule has 0 unspecified atom stereocenters. The molecule has 0 aromatic heterocycles. The number of halogens is 1. The summed E-state index contributed by atoms with van der Waals surface area (Å²) in [4.78, 5) is 0. The summed E-state index contributed by atoms with van der Waals surface area (Å²) in [6.07, 6.45) is 2.01. The Bertz CT molecular complexity index is 318. The van der Waals surface area contributed by atoms with Gasteiger partial charge in [0.15, 0.2) is 11.5 Å². The van der Waals surface area contributed by atoms with Crippen molar-refractivity contribution in [3.05, 3.63) is 23.8 Å². The van der Waals surface area contributed by atoms with Crippen LogP contribution in [0.4, 0.5) is 0 Å². The molecule has 16 heavy (non-hydrogen) atoms. The Labute approximate surface area is 103 Å². The van der Waals surface area contributed by atoms with Gasteiger partial charge in [0.25, 0.3) is 0 Å². The van der Waals surface area contributed by atoms with Gasteiger partial charge in [-0.1, -0.05) is 25.5 Å². The monoisotopic (exact) mass is 245 g/mol. The van der Waals surface area contributed by atoms with Crippen molar-refractivity contribution in [2.75, 3.05) is 14.2 Å². The largest absolute Gasteiger partial charge is 0.493 e. The van der Waals surface area contributed by atoms with Gasteiger partial charge in [-0.05, 0) is 12.5 Å². The van der Waals surface area contributed by atoms with E-state index in [2.05, 4.69) is 6.92 Å². The highest BCUT2D eigenvalue weighted by atomic mass is 35.5. The van der Waals surface area contributed by atoms with Crippen molar-refractivity contribution in [3.8, 4) is 11.5 Å². The van der Waals surface area contributed by atoms with Gasteiger partial charge in [0, 0.05) is 11.6 Å². The van der Waals surface area contributed by atoms with Crippen molar-refractivity contribution in [1.82, 2.24) is 0 Å². The Hall–Kier alpha value is -0.930. The second kappa shape index (κ2) is 7.36. The highest BCUT2D eigenvalue weighted by Crippen LogP contribution is 2.34. The van der Waals surface area contributed by atoms with Crippen LogP contribution in [0.5, 0.6) is 11.5 Å². The average Bonchev–Trinajstić information content (AvgIpc) is 2.28. The first-order chi connectivity index (χ1) is 7.24. The van der Waals surface area contributed by atoms with E-state index < -0.39 is 0 Å². The molecule has 0 saturated carbocycles. The van der Waals surface area contributed by atoms with Gasteiger partial charge < -0.3 is 15.2 Å². The Kier molecular flexibility index (Phi) is 6.93. The molecule has 92 valence electrons. The molecular formula is C12H20ClNO2. The second-order valence-electron chi connectivity index (χ2n) is 3.48. The molecule has 0 radical (unpaired) electrons. The molecule has 4 heteroatoms. The van der Waals surface area contributed by atoms with E-state index in [0.717, 1.165) is 29.9 Å². The second-order valence-corrected chi connectivity index (χ2v) is 3.48. The third-order valence-electron chi connectivity index (χ3n) is 2.43. The molecular weight excluding hydrogens is 226 g/mol. The standard InChI is InChI=1S/C12H19NO2.ClH/c1-4-6-10(13)9-7-5-8-11(14-2)12(9)15-3;/h5,7-8,10H,4,6,13H2,1-3H3;1H/t10-;/m1./s1. The van der Waals surface area contributed by atoms with Gasteiger partial charge >= 0.3 is 0 Å². The SMILES string of the molecule is CCC[C@@H](N)c1cccc(OC)c1OC.Cl. The maximum absolute atomic E-state index is 6.07. The topological polar surface area (TPSA) is 44.5 Å². The highest BCUT2D eigenvalue weighted by Gasteiger charge is 2.14. The minimum Gasteiger partial charge on any atom is -0.493 e. The number of rotatable bonds is 5. The van der Waals surface area contributed by atoms with Gasteiger partial charge in [-0.3, -0.25) is 0 Å². The van der Waals surface area contributed by atoms with E-state index >= 15 is 0 Å². The van der Waals surface area contributed by atoms with Crippen LogP contribution < -0.4 is 15.2 Å². The lowest BCUT2D eigenvalue weighted by atomic mass is 10.0. The van der Waals surface area contributed by atoms with E-state index in [4.69, 9.17) is 15.2 Å². The van der Waals surface area contributed by atoms with Crippen LogP contribution in [-0.2, 0) is 0 Å². The minimum absolute atomic E-state index is 0. The van der Waals surface area contributed by atoms with Crippen molar-refractivity contribution in [2.24, 2.45) is 5.73 Å². The summed E-state index contributed by atoms with van der Waals surface area (Å²) in [6.45, 7) is 2.12. The molecule has 3 nitrogen and oxygen atoms in total. The lowest BCUT2D eigenvalue weighted by Gasteiger charge is -2.17. The van der Waals surface area contributed by atoms with Gasteiger partial charge in [0.05, 0.1) is 14.2 Å². The fourth-order valence-electron chi connectivity index (χ4n) is 1.67. The molecule has 0 aliphatic heterocycles. The van der Waals surface area contributed by atoms with Gasteiger partial charge in [0.2, 0.25) is 0 Å². The Balaban J connectivity index is 0.00000225. The van der Waals surface area contributed by atoms with E-state index in [-0.39, 0.29) is 18.4 Å². The first-order valence-electron chi connectivity index (χ1n) is 5.21. The fraction of sp³-hybridized carbons (Fsp3) is 0.500. The Morgan fingerprint density at radius 1 is 1.25 bits per heavy atom. The van der Waals surface area contributed by atoms with Crippen molar-refractivity contribution in [2.45, 2.75) is 25.8 Å². The van der Waals surface area contributed by atoms with Crippen molar-refractivity contribution >= 4 is 12.4 Å². The molecule has 0 aliphatic rings. The normalized spacial score (nSPS) is 11.5. The van der Waals surface area contributed by atoms with Crippen LogP contribution in [0.1, 0.15) is 31.4 Å². The van der Waals surface area contributed by atoms with E-state index in [9.17, 15) is 0 Å². The van der Waals surface area contributed by atoms with Crippen molar-refractivity contribution in [1.29, 1.82) is 0 Å². The van der Waals surface area contributed by atoms with E-state index in [1.54, 1.807) is 14.2 Å². The van der Waals surface area contributed by atoms with Crippen LogP contribution in [0.3, 0.4) is 0 Å². The molecule has 0 bridgehead atoms. The summed E-state index contributed by atoms with van der Waals surface area (Å²) in [5.41, 5.74) is 7.08. The number of methoxy groups -OCH3 is 2. The van der Waals surface area contributed by atoms with Crippen molar-refractivity contribution < 1.29 is 9.47 Å².